The molecule has 0 aliphatic heterocycles. The second-order valence-electron chi connectivity index (χ2n) is 6.29. The van der Waals surface area contributed by atoms with E-state index in [1.165, 1.54) is 0 Å². The van der Waals surface area contributed by atoms with Crippen LogP contribution in [0.2, 0.25) is 0 Å². The van der Waals surface area contributed by atoms with Gasteiger partial charge in [0.2, 0.25) is 5.89 Å². The lowest BCUT2D eigenvalue weighted by molar-refractivity contribution is -0.125. The van der Waals surface area contributed by atoms with Gasteiger partial charge in [-0.2, -0.15) is 4.98 Å². The SMILES string of the molecule is COc1ccc(OCC(=O)NC2(c3noc(C)n3)CCCCC2)cc1. The number of hydrogen-bond donors (Lipinski definition) is 1. The molecule has 0 atom stereocenters. The lowest BCUT2D eigenvalue weighted by atomic mass is 9.81. The Kier molecular flexibility index (Phi) is 5.21. The van der Waals surface area contributed by atoms with Crippen molar-refractivity contribution in [3.8, 4) is 11.5 Å². The van der Waals surface area contributed by atoms with E-state index in [0.717, 1.165) is 37.9 Å². The maximum Gasteiger partial charge on any atom is 0.258 e. The van der Waals surface area contributed by atoms with Crippen LogP contribution in [0.3, 0.4) is 0 Å². The van der Waals surface area contributed by atoms with Crippen LogP contribution in [0.25, 0.3) is 0 Å². The first-order valence-electron chi connectivity index (χ1n) is 8.50. The number of methoxy groups -OCH3 is 1. The maximum atomic E-state index is 12.4. The number of nitrogens with one attached hydrogen (secondary N) is 1. The molecule has 1 fully saturated rings. The molecule has 3 rings (SSSR count). The van der Waals surface area contributed by atoms with E-state index in [9.17, 15) is 4.79 Å². The van der Waals surface area contributed by atoms with Crippen molar-refractivity contribution in [2.75, 3.05) is 13.7 Å². The molecular weight excluding hydrogens is 322 g/mol. The highest BCUT2D eigenvalue weighted by Gasteiger charge is 2.39. The molecule has 0 radical (unpaired) electrons. The summed E-state index contributed by atoms with van der Waals surface area (Å²) in [7, 11) is 1.60. The Hall–Kier alpha value is -2.57. The van der Waals surface area contributed by atoms with Crippen molar-refractivity contribution in [1.82, 2.24) is 15.5 Å². The zero-order chi connectivity index (χ0) is 17.7. The Balaban J connectivity index is 1.64. The minimum atomic E-state index is -0.559. The van der Waals surface area contributed by atoms with Gasteiger partial charge in [0, 0.05) is 6.92 Å². The molecule has 1 N–H and O–H groups in total. The highest BCUT2D eigenvalue weighted by atomic mass is 16.5. The summed E-state index contributed by atoms with van der Waals surface area (Å²) in [6.45, 7) is 1.69. The van der Waals surface area contributed by atoms with Crippen molar-refractivity contribution in [3.05, 3.63) is 36.0 Å². The maximum absolute atomic E-state index is 12.4. The van der Waals surface area contributed by atoms with Gasteiger partial charge in [-0.3, -0.25) is 4.79 Å². The molecule has 7 nitrogen and oxygen atoms in total. The number of aromatic nitrogens is 2. The smallest absolute Gasteiger partial charge is 0.258 e. The number of amides is 1. The molecule has 7 heteroatoms. The minimum Gasteiger partial charge on any atom is -0.497 e. The van der Waals surface area contributed by atoms with Gasteiger partial charge in [-0.15, -0.1) is 0 Å². The van der Waals surface area contributed by atoms with E-state index < -0.39 is 5.54 Å². The van der Waals surface area contributed by atoms with Gasteiger partial charge in [0.25, 0.3) is 5.91 Å². The molecule has 2 aromatic rings. The molecule has 1 saturated carbocycles. The molecule has 0 spiro atoms. The van der Waals surface area contributed by atoms with Crippen LogP contribution >= 0.6 is 0 Å². The zero-order valence-corrected chi connectivity index (χ0v) is 14.6. The molecular formula is C18H23N3O4. The van der Waals surface area contributed by atoms with E-state index in [0.29, 0.717) is 17.5 Å². The molecule has 0 bridgehead atoms. The third-order valence-corrected chi connectivity index (χ3v) is 4.47. The summed E-state index contributed by atoms with van der Waals surface area (Å²) in [6, 6.07) is 7.12. The first kappa shape index (κ1) is 17.3. The van der Waals surface area contributed by atoms with E-state index >= 15 is 0 Å². The van der Waals surface area contributed by atoms with Gasteiger partial charge >= 0.3 is 0 Å². The monoisotopic (exact) mass is 345 g/mol. The molecule has 1 heterocycles. The van der Waals surface area contributed by atoms with E-state index in [4.69, 9.17) is 14.0 Å². The summed E-state index contributed by atoms with van der Waals surface area (Å²) in [4.78, 5) is 16.8. The number of carbonyl (C=O) groups excluding carboxylic acids is 1. The van der Waals surface area contributed by atoms with Crippen molar-refractivity contribution in [3.63, 3.8) is 0 Å². The number of rotatable bonds is 6. The molecule has 25 heavy (non-hydrogen) atoms. The predicted octanol–water partition coefficient (Wildman–Crippen LogP) is 2.74. The number of carbonyl (C=O) groups is 1. The molecule has 0 saturated heterocycles. The first-order valence-corrected chi connectivity index (χ1v) is 8.50. The summed E-state index contributed by atoms with van der Waals surface area (Å²) >= 11 is 0. The largest absolute Gasteiger partial charge is 0.497 e. The molecule has 134 valence electrons. The Labute approximate surface area is 146 Å². The van der Waals surface area contributed by atoms with Gasteiger partial charge in [0.05, 0.1) is 7.11 Å². The van der Waals surface area contributed by atoms with E-state index in [2.05, 4.69) is 15.5 Å². The Morgan fingerprint density at radius 2 is 1.88 bits per heavy atom. The van der Waals surface area contributed by atoms with Crippen LogP contribution in [0.15, 0.2) is 28.8 Å². The molecule has 1 aliphatic carbocycles. The van der Waals surface area contributed by atoms with Gasteiger partial charge in [-0.05, 0) is 37.1 Å². The fraction of sp³-hybridized carbons (Fsp3) is 0.500. The van der Waals surface area contributed by atoms with Gasteiger partial charge in [0.15, 0.2) is 12.4 Å². The highest BCUT2D eigenvalue weighted by Crippen LogP contribution is 2.35. The van der Waals surface area contributed by atoms with Gasteiger partial charge in [-0.1, -0.05) is 24.4 Å². The van der Waals surface area contributed by atoms with Crippen molar-refractivity contribution in [2.24, 2.45) is 0 Å². The van der Waals surface area contributed by atoms with Gasteiger partial charge < -0.3 is 19.3 Å². The summed E-state index contributed by atoms with van der Waals surface area (Å²) in [5, 5.41) is 7.13. The van der Waals surface area contributed by atoms with Crippen molar-refractivity contribution < 1.29 is 18.8 Å². The number of hydrogen-bond acceptors (Lipinski definition) is 6. The Bertz CT molecular complexity index is 705. The van der Waals surface area contributed by atoms with Crippen LogP contribution in [0, 0.1) is 6.92 Å². The highest BCUT2D eigenvalue weighted by molar-refractivity contribution is 5.78. The van der Waals surface area contributed by atoms with Crippen molar-refractivity contribution in [1.29, 1.82) is 0 Å². The fourth-order valence-corrected chi connectivity index (χ4v) is 3.18. The van der Waals surface area contributed by atoms with E-state index in [1.807, 2.05) is 0 Å². The second-order valence-corrected chi connectivity index (χ2v) is 6.29. The van der Waals surface area contributed by atoms with Crippen LogP contribution < -0.4 is 14.8 Å². The third-order valence-electron chi connectivity index (χ3n) is 4.47. The number of benzene rings is 1. The lowest BCUT2D eigenvalue weighted by Crippen LogP contribution is -2.49. The summed E-state index contributed by atoms with van der Waals surface area (Å²) in [5.74, 6) is 2.22. The lowest BCUT2D eigenvalue weighted by Gasteiger charge is -2.35. The second kappa shape index (κ2) is 7.55. The summed E-state index contributed by atoms with van der Waals surface area (Å²) in [5.41, 5.74) is -0.559. The van der Waals surface area contributed by atoms with Crippen LogP contribution in [-0.2, 0) is 10.3 Å². The number of aryl methyl sites for hydroxylation is 1. The molecule has 1 aromatic heterocycles. The average molecular weight is 345 g/mol. The van der Waals surface area contributed by atoms with Crippen LogP contribution in [0.4, 0.5) is 0 Å². The molecule has 0 unspecified atom stereocenters. The van der Waals surface area contributed by atoms with Crippen LogP contribution in [0.1, 0.15) is 43.8 Å². The zero-order valence-electron chi connectivity index (χ0n) is 14.6. The molecule has 1 aromatic carbocycles. The first-order chi connectivity index (χ1) is 12.1. The minimum absolute atomic E-state index is 0.0646. The summed E-state index contributed by atoms with van der Waals surface area (Å²) < 4.78 is 15.8. The topological polar surface area (TPSA) is 86.5 Å². The van der Waals surface area contributed by atoms with Crippen LogP contribution in [-0.4, -0.2) is 29.8 Å². The quantitative estimate of drug-likeness (QED) is 0.866. The standard InChI is InChI=1S/C18H23N3O4/c1-13-19-17(21-25-13)18(10-4-3-5-11-18)20-16(22)12-24-15-8-6-14(23-2)7-9-15/h6-9H,3-5,10-12H2,1-2H3,(H,20,22). The predicted molar refractivity (Wildman–Crippen MR) is 90.4 cm³/mol. The third kappa shape index (κ3) is 4.10. The molecule has 1 amide bonds. The fourth-order valence-electron chi connectivity index (χ4n) is 3.18. The van der Waals surface area contributed by atoms with Crippen LogP contribution in [0.5, 0.6) is 11.5 Å². The number of ether oxygens (including phenoxy) is 2. The van der Waals surface area contributed by atoms with Crippen molar-refractivity contribution in [2.45, 2.75) is 44.6 Å². The van der Waals surface area contributed by atoms with Gasteiger partial charge in [0.1, 0.15) is 17.0 Å². The van der Waals surface area contributed by atoms with E-state index in [1.54, 1.807) is 38.3 Å². The van der Waals surface area contributed by atoms with E-state index in [-0.39, 0.29) is 12.5 Å². The normalized spacial score (nSPS) is 16.2. The molecule has 1 aliphatic rings. The Morgan fingerprint density at radius 3 is 2.48 bits per heavy atom. The Morgan fingerprint density at radius 1 is 1.20 bits per heavy atom. The number of nitrogens with zero attached hydrogens (tertiary/aromatic N) is 2. The van der Waals surface area contributed by atoms with Gasteiger partial charge in [-0.25, -0.2) is 0 Å². The summed E-state index contributed by atoms with van der Waals surface area (Å²) in [6.07, 6.45) is 4.80. The van der Waals surface area contributed by atoms with Crippen molar-refractivity contribution >= 4 is 5.91 Å². The average Bonchev–Trinajstić information content (AvgIpc) is 3.08.